The molecule has 6 nitrogen and oxygen atoms in total. The molecule has 0 aliphatic carbocycles. The van der Waals surface area contributed by atoms with E-state index in [9.17, 15) is 18.3 Å². The second-order valence-corrected chi connectivity index (χ2v) is 8.37. The van der Waals surface area contributed by atoms with Crippen molar-refractivity contribution in [2.75, 3.05) is 26.7 Å². The summed E-state index contributed by atoms with van der Waals surface area (Å²) in [6, 6.07) is 4.25. The fourth-order valence-electron chi connectivity index (χ4n) is 3.18. The van der Waals surface area contributed by atoms with Gasteiger partial charge >= 0.3 is 5.97 Å². The number of likely N-dealkylation sites (tertiary alicyclic amines) is 1. The Morgan fingerprint density at radius 3 is 2.50 bits per heavy atom. The van der Waals surface area contributed by atoms with E-state index in [0.717, 1.165) is 38.9 Å². The van der Waals surface area contributed by atoms with Crippen molar-refractivity contribution in [1.29, 1.82) is 0 Å². The van der Waals surface area contributed by atoms with Gasteiger partial charge in [-0.05, 0) is 63.5 Å². The third-order valence-electron chi connectivity index (χ3n) is 4.73. The molecule has 0 spiro atoms. The Bertz CT molecular complexity index is 695. The predicted molar refractivity (Wildman–Crippen MR) is 92.8 cm³/mol. The molecule has 1 saturated heterocycles. The van der Waals surface area contributed by atoms with Crippen LogP contribution < -0.4 is 0 Å². The van der Waals surface area contributed by atoms with E-state index < -0.39 is 16.0 Å². The minimum Gasteiger partial charge on any atom is -0.478 e. The third kappa shape index (κ3) is 3.96. The Morgan fingerprint density at radius 1 is 1.33 bits per heavy atom. The van der Waals surface area contributed by atoms with E-state index >= 15 is 0 Å². The van der Waals surface area contributed by atoms with Crippen molar-refractivity contribution in [2.24, 2.45) is 0 Å². The van der Waals surface area contributed by atoms with Gasteiger partial charge in [-0.3, -0.25) is 0 Å². The molecule has 1 fully saturated rings. The smallest absolute Gasteiger partial charge is 0.335 e. The lowest BCUT2D eigenvalue weighted by molar-refractivity contribution is 0.0696. The van der Waals surface area contributed by atoms with Crippen LogP contribution in [0.25, 0.3) is 0 Å². The number of hydrogen-bond donors (Lipinski definition) is 1. The molecule has 1 aromatic carbocycles. The number of nitrogens with zero attached hydrogens (tertiary/aromatic N) is 2. The number of rotatable bonds is 6. The quantitative estimate of drug-likeness (QED) is 0.847. The highest BCUT2D eigenvalue weighted by Gasteiger charge is 2.31. The number of hydrogen-bond acceptors (Lipinski definition) is 4. The summed E-state index contributed by atoms with van der Waals surface area (Å²) >= 11 is 0. The SMILES string of the molecule is CCCN1CCC(N(C)S(=O)(=O)c2ccc(C)c(C(=O)O)c2)CC1. The maximum atomic E-state index is 12.8. The molecule has 24 heavy (non-hydrogen) atoms. The van der Waals surface area contributed by atoms with Gasteiger partial charge in [0.15, 0.2) is 0 Å². The van der Waals surface area contributed by atoms with Crippen LogP contribution in [0.4, 0.5) is 0 Å². The number of carbonyl (C=O) groups is 1. The van der Waals surface area contributed by atoms with Crippen molar-refractivity contribution >= 4 is 16.0 Å². The summed E-state index contributed by atoms with van der Waals surface area (Å²) in [6.45, 7) is 6.63. The van der Waals surface area contributed by atoms with E-state index in [1.807, 2.05) is 0 Å². The topological polar surface area (TPSA) is 77.9 Å². The van der Waals surface area contributed by atoms with Crippen LogP contribution in [0.15, 0.2) is 23.1 Å². The summed E-state index contributed by atoms with van der Waals surface area (Å²) < 4.78 is 27.1. The van der Waals surface area contributed by atoms with Gasteiger partial charge in [0.2, 0.25) is 10.0 Å². The molecule has 0 unspecified atom stereocenters. The maximum absolute atomic E-state index is 12.8. The molecule has 1 aromatic rings. The zero-order valence-corrected chi connectivity index (χ0v) is 15.3. The van der Waals surface area contributed by atoms with Gasteiger partial charge in [-0.2, -0.15) is 4.31 Å². The van der Waals surface area contributed by atoms with Gasteiger partial charge in [-0.1, -0.05) is 13.0 Å². The largest absolute Gasteiger partial charge is 0.478 e. The van der Waals surface area contributed by atoms with Gasteiger partial charge in [0, 0.05) is 13.1 Å². The summed E-state index contributed by atoms with van der Waals surface area (Å²) in [5.41, 5.74) is 0.583. The molecule has 0 bridgehead atoms. The number of piperidine rings is 1. The summed E-state index contributed by atoms with van der Waals surface area (Å²) in [5, 5.41) is 9.21. The van der Waals surface area contributed by atoms with Crippen LogP contribution in [0.2, 0.25) is 0 Å². The summed E-state index contributed by atoms with van der Waals surface area (Å²) in [4.78, 5) is 13.7. The Morgan fingerprint density at radius 2 is 1.96 bits per heavy atom. The van der Waals surface area contributed by atoms with Gasteiger partial charge in [0.25, 0.3) is 0 Å². The minimum atomic E-state index is -3.69. The fraction of sp³-hybridized carbons (Fsp3) is 0.588. The van der Waals surface area contributed by atoms with Crippen molar-refractivity contribution in [3.05, 3.63) is 29.3 Å². The number of aromatic carboxylic acids is 1. The van der Waals surface area contributed by atoms with E-state index in [1.54, 1.807) is 20.0 Å². The lowest BCUT2D eigenvalue weighted by atomic mass is 10.1. The zero-order chi connectivity index (χ0) is 17.9. The number of sulfonamides is 1. The predicted octanol–water partition coefficient (Wildman–Crippen LogP) is 2.19. The second kappa shape index (κ2) is 7.63. The van der Waals surface area contributed by atoms with Crippen molar-refractivity contribution in [1.82, 2.24) is 9.21 Å². The average molecular weight is 354 g/mol. The molecule has 0 aromatic heterocycles. The van der Waals surface area contributed by atoms with E-state index in [4.69, 9.17) is 0 Å². The van der Waals surface area contributed by atoms with Gasteiger partial charge in [0.05, 0.1) is 10.5 Å². The molecule has 0 amide bonds. The summed E-state index contributed by atoms with van der Waals surface area (Å²) in [6.07, 6.45) is 2.70. The Balaban J connectivity index is 2.18. The first-order chi connectivity index (χ1) is 11.3. The highest BCUT2D eigenvalue weighted by atomic mass is 32.2. The number of aryl methyl sites for hydroxylation is 1. The molecule has 1 heterocycles. The highest BCUT2D eigenvalue weighted by molar-refractivity contribution is 7.89. The molecule has 7 heteroatoms. The van der Waals surface area contributed by atoms with Crippen LogP contribution in [0.5, 0.6) is 0 Å². The van der Waals surface area contributed by atoms with E-state index in [1.165, 1.54) is 16.4 Å². The molecule has 1 N–H and O–H groups in total. The Hall–Kier alpha value is -1.44. The minimum absolute atomic E-state index is 0.0299. The zero-order valence-electron chi connectivity index (χ0n) is 14.5. The summed E-state index contributed by atoms with van der Waals surface area (Å²) in [7, 11) is -2.10. The van der Waals surface area contributed by atoms with Gasteiger partial charge in [-0.15, -0.1) is 0 Å². The maximum Gasteiger partial charge on any atom is 0.335 e. The normalized spacial score (nSPS) is 17.3. The molecule has 1 aliphatic heterocycles. The van der Waals surface area contributed by atoms with Crippen molar-refractivity contribution in [2.45, 2.75) is 44.0 Å². The van der Waals surface area contributed by atoms with Crippen LogP contribution >= 0.6 is 0 Å². The van der Waals surface area contributed by atoms with Gasteiger partial charge in [-0.25, -0.2) is 13.2 Å². The van der Waals surface area contributed by atoms with Crippen LogP contribution in [0.1, 0.15) is 42.1 Å². The van der Waals surface area contributed by atoms with Crippen molar-refractivity contribution in [3.63, 3.8) is 0 Å². The number of carboxylic acid groups (broad SMARTS) is 1. The van der Waals surface area contributed by atoms with Crippen molar-refractivity contribution < 1.29 is 18.3 Å². The standard InChI is InChI=1S/C17H26N2O4S/c1-4-9-19-10-7-14(8-11-19)18(3)24(22,23)15-6-5-13(2)16(12-15)17(20)21/h5-6,12,14H,4,7-11H2,1-3H3,(H,20,21). The van der Waals surface area contributed by atoms with Crippen LogP contribution in [-0.4, -0.2) is 61.4 Å². The first kappa shape index (κ1) is 18.9. The highest BCUT2D eigenvalue weighted by Crippen LogP contribution is 2.24. The Kier molecular flexibility index (Phi) is 6.01. The van der Waals surface area contributed by atoms with Crippen molar-refractivity contribution in [3.8, 4) is 0 Å². The van der Waals surface area contributed by atoms with E-state index in [-0.39, 0.29) is 16.5 Å². The van der Waals surface area contributed by atoms with E-state index in [0.29, 0.717) is 5.56 Å². The van der Waals surface area contributed by atoms with Gasteiger partial charge in [0.1, 0.15) is 0 Å². The number of benzene rings is 1. The van der Waals surface area contributed by atoms with Crippen LogP contribution in [-0.2, 0) is 10.0 Å². The first-order valence-electron chi connectivity index (χ1n) is 8.31. The third-order valence-corrected chi connectivity index (χ3v) is 6.63. The first-order valence-corrected chi connectivity index (χ1v) is 9.75. The summed E-state index contributed by atoms with van der Waals surface area (Å²) in [5.74, 6) is -1.11. The van der Waals surface area contributed by atoms with E-state index in [2.05, 4.69) is 11.8 Å². The molecule has 0 saturated carbocycles. The number of carboxylic acids is 1. The van der Waals surface area contributed by atoms with Gasteiger partial charge < -0.3 is 10.0 Å². The molecule has 0 radical (unpaired) electrons. The second-order valence-electron chi connectivity index (χ2n) is 6.38. The van der Waals surface area contributed by atoms with Crippen LogP contribution in [0, 0.1) is 6.92 Å². The molecular formula is C17H26N2O4S. The average Bonchev–Trinajstić information content (AvgIpc) is 2.55. The Labute approximate surface area is 144 Å². The fourth-order valence-corrected chi connectivity index (χ4v) is 4.62. The monoisotopic (exact) mass is 354 g/mol. The molecule has 2 rings (SSSR count). The van der Waals surface area contributed by atoms with Crippen LogP contribution in [0.3, 0.4) is 0 Å². The molecule has 134 valence electrons. The molecule has 1 aliphatic rings. The molecule has 0 atom stereocenters. The lowest BCUT2D eigenvalue weighted by Crippen LogP contribution is -2.45. The molecular weight excluding hydrogens is 328 g/mol. The lowest BCUT2D eigenvalue weighted by Gasteiger charge is -2.36.